The van der Waals surface area contributed by atoms with Crippen LogP contribution in [-0.2, 0) is 11.3 Å². The van der Waals surface area contributed by atoms with Gasteiger partial charge in [-0.05, 0) is 24.3 Å². The summed E-state index contributed by atoms with van der Waals surface area (Å²) in [5.74, 6) is 1.07. The number of nitrogens with zero attached hydrogens (tertiary/aromatic N) is 2. The van der Waals surface area contributed by atoms with Crippen molar-refractivity contribution in [3.8, 4) is 11.5 Å². The lowest BCUT2D eigenvalue weighted by Crippen LogP contribution is -3.14. The molecule has 1 aromatic carbocycles. The van der Waals surface area contributed by atoms with Crippen LogP contribution in [0.15, 0.2) is 28.7 Å². The summed E-state index contributed by atoms with van der Waals surface area (Å²) in [7, 11) is 0. The monoisotopic (exact) mass is 293 g/mol. The molecule has 0 aliphatic carbocycles. The Morgan fingerprint density at radius 3 is 2.85 bits per heavy atom. The summed E-state index contributed by atoms with van der Waals surface area (Å²) in [5, 5.41) is 11.5. The van der Waals surface area contributed by atoms with Crippen molar-refractivity contribution in [1.82, 2.24) is 15.5 Å². The number of nitrogens with one attached hydrogen (secondary N) is 2. The highest BCUT2D eigenvalue weighted by molar-refractivity contribution is 6.30. The number of carbonyl (C=O) groups is 1. The number of amides is 1. The van der Waals surface area contributed by atoms with Gasteiger partial charge in [-0.1, -0.05) is 11.6 Å². The first-order valence-electron chi connectivity index (χ1n) is 6.39. The summed E-state index contributed by atoms with van der Waals surface area (Å²) in [4.78, 5) is 12.4. The van der Waals surface area contributed by atoms with E-state index >= 15 is 0 Å². The average Bonchev–Trinajstić information content (AvgIpc) is 2.88. The van der Waals surface area contributed by atoms with E-state index in [-0.39, 0.29) is 5.91 Å². The summed E-state index contributed by atoms with van der Waals surface area (Å²) in [6, 6.07) is 7.23. The van der Waals surface area contributed by atoms with E-state index in [0.717, 1.165) is 17.0 Å². The molecule has 0 saturated carbocycles. The van der Waals surface area contributed by atoms with Crippen LogP contribution in [0.5, 0.6) is 0 Å². The number of halogens is 1. The Balaban J connectivity index is 1.70. The van der Waals surface area contributed by atoms with Gasteiger partial charge in [0.15, 0.2) is 13.1 Å². The fraction of sp³-hybridized carbons (Fsp3) is 0.308. The third kappa shape index (κ3) is 2.97. The minimum absolute atomic E-state index is 0.0590. The summed E-state index contributed by atoms with van der Waals surface area (Å²) in [6.07, 6.45) is 0. The summed E-state index contributed by atoms with van der Waals surface area (Å²) < 4.78 is 5.63. The van der Waals surface area contributed by atoms with Crippen LogP contribution in [0, 0.1) is 0 Å². The quantitative estimate of drug-likeness (QED) is 0.829. The van der Waals surface area contributed by atoms with Crippen LogP contribution in [0.2, 0.25) is 5.02 Å². The van der Waals surface area contributed by atoms with Crippen molar-refractivity contribution in [2.45, 2.75) is 6.54 Å². The van der Waals surface area contributed by atoms with Gasteiger partial charge in [-0.25, -0.2) is 0 Å². The Bertz CT molecular complexity index is 611. The first-order valence-corrected chi connectivity index (χ1v) is 6.77. The molecule has 3 rings (SSSR count). The predicted molar refractivity (Wildman–Crippen MR) is 72.2 cm³/mol. The molecular formula is C13H14ClN4O2+. The molecule has 20 heavy (non-hydrogen) atoms. The Labute approximate surface area is 120 Å². The van der Waals surface area contributed by atoms with Crippen LogP contribution in [0.3, 0.4) is 0 Å². The van der Waals surface area contributed by atoms with Crippen molar-refractivity contribution in [3.05, 3.63) is 35.2 Å². The summed E-state index contributed by atoms with van der Waals surface area (Å²) >= 11 is 5.84. The highest BCUT2D eigenvalue weighted by atomic mass is 35.5. The molecule has 6 nitrogen and oxygen atoms in total. The van der Waals surface area contributed by atoms with E-state index in [1.165, 1.54) is 0 Å². The molecule has 2 N–H and O–H groups in total. The normalized spacial score (nSPS) is 18.9. The fourth-order valence-corrected chi connectivity index (χ4v) is 2.28. The standard InChI is InChI=1S/C13H13ClN4O2/c14-10-3-1-9(2-4-10)13-17-16-12(20-13)8-18-6-5-15-11(19)7-18/h1-4H,5-8H2,(H,15,19)/p+1. The topological polar surface area (TPSA) is 72.5 Å². The van der Waals surface area contributed by atoms with Crippen molar-refractivity contribution in [2.75, 3.05) is 19.6 Å². The van der Waals surface area contributed by atoms with E-state index in [1.54, 1.807) is 12.1 Å². The molecule has 1 unspecified atom stereocenters. The second-order valence-corrected chi connectivity index (χ2v) is 5.15. The van der Waals surface area contributed by atoms with E-state index in [1.807, 2.05) is 12.1 Å². The van der Waals surface area contributed by atoms with Gasteiger partial charge in [-0.3, -0.25) is 4.79 Å². The van der Waals surface area contributed by atoms with Gasteiger partial charge >= 0.3 is 0 Å². The molecule has 0 bridgehead atoms. The Kier molecular flexibility index (Phi) is 3.66. The molecule has 1 aliphatic heterocycles. The van der Waals surface area contributed by atoms with Crippen LogP contribution in [-0.4, -0.2) is 35.7 Å². The molecule has 0 spiro atoms. The number of carbonyl (C=O) groups excluding carboxylic acids is 1. The van der Waals surface area contributed by atoms with Crippen LogP contribution in [0.25, 0.3) is 11.5 Å². The summed E-state index contributed by atoms with van der Waals surface area (Å²) in [5.41, 5.74) is 0.833. The zero-order valence-electron chi connectivity index (χ0n) is 10.7. The lowest BCUT2D eigenvalue weighted by Gasteiger charge is -2.21. The zero-order valence-corrected chi connectivity index (χ0v) is 11.5. The van der Waals surface area contributed by atoms with E-state index in [9.17, 15) is 4.79 Å². The molecule has 0 radical (unpaired) electrons. The third-order valence-corrected chi connectivity index (χ3v) is 3.42. The third-order valence-electron chi connectivity index (χ3n) is 3.17. The maximum atomic E-state index is 11.3. The Hall–Kier alpha value is -1.92. The Morgan fingerprint density at radius 2 is 2.10 bits per heavy atom. The summed E-state index contributed by atoms with van der Waals surface area (Å²) in [6.45, 7) is 2.56. The van der Waals surface area contributed by atoms with Gasteiger partial charge in [0.05, 0.1) is 13.1 Å². The molecule has 1 amide bonds. The molecule has 2 heterocycles. The van der Waals surface area contributed by atoms with E-state index in [4.69, 9.17) is 16.0 Å². The molecule has 1 aromatic heterocycles. The van der Waals surface area contributed by atoms with Crippen LogP contribution in [0.4, 0.5) is 0 Å². The minimum atomic E-state index is 0.0590. The van der Waals surface area contributed by atoms with Crippen molar-refractivity contribution < 1.29 is 14.1 Å². The number of rotatable bonds is 3. The van der Waals surface area contributed by atoms with Crippen LogP contribution < -0.4 is 10.2 Å². The first-order chi connectivity index (χ1) is 9.70. The number of hydrogen-bond donors (Lipinski definition) is 2. The van der Waals surface area contributed by atoms with Gasteiger partial charge in [-0.15, -0.1) is 10.2 Å². The number of piperazine rings is 1. The predicted octanol–water partition coefficient (Wildman–Crippen LogP) is -0.0953. The van der Waals surface area contributed by atoms with Crippen LogP contribution in [0.1, 0.15) is 5.89 Å². The van der Waals surface area contributed by atoms with E-state index < -0.39 is 0 Å². The zero-order chi connectivity index (χ0) is 13.9. The van der Waals surface area contributed by atoms with Crippen molar-refractivity contribution >= 4 is 17.5 Å². The Morgan fingerprint density at radius 1 is 1.30 bits per heavy atom. The lowest BCUT2D eigenvalue weighted by atomic mass is 10.2. The van der Waals surface area contributed by atoms with Gasteiger partial charge in [0, 0.05) is 10.6 Å². The molecular weight excluding hydrogens is 280 g/mol. The lowest BCUT2D eigenvalue weighted by molar-refractivity contribution is -0.908. The largest absolute Gasteiger partial charge is 0.415 e. The second kappa shape index (κ2) is 5.60. The average molecular weight is 294 g/mol. The fourth-order valence-electron chi connectivity index (χ4n) is 2.16. The minimum Gasteiger partial charge on any atom is -0.415 e. The molecule has 1 fully saturated rings. The van der Waals surface area contributed by atoms with Gasteiger partial charge in [0.2, 0.25) is 5.89 Å². The number of benzene rings is 1. The van der Waals surface area contributed by atoms with Gasteiger partial charge in [0.1, 0.15) is 0 Å². The number of hydrogen-bond acceptors (Lipinski definition) is 4. The SMILES string of the molecule is O=C1C[NH+](Cc2nnc(-c3ccc(Cl)cc3)o2)CCN1. The molecule has 1 aliphatic rings. The molecule has 1 saturated heterocycles. The highest BCUT2D eigenvalue weighted by Crippen LogP contribution is 2.19. The van der Waals surface area contributed by atoms with Gasteiger partial charge < -0.3 is 14.6 Å². The number of aromatic nitrogens is 2. The highest BCUT2D eigenvalue weighted by Gasteiger charge is 2.22. The van der Waals surface area contributed by atoms with Crippen LogP contribution >= 0.6 is 11.6 Å². The maximum absolute atomic E-state index is 11.3. The van der Waals surface area contributed by atoms with E-state index in [0.29, 0.717) is 36.4 Å². The second-order valence-electron chi connectivity index (χ2n) is 4.71. The molecule has 1 atom stereocenters. The first kappa shape index (κ1) is 13.1. The van der Waals surface area contributed by atoms with Gasteiger partial charge in [0.25, 0.3) is 11.8 Å². The van der Waals surface area contributed by atoms with Crippen molar-refractivity contribution in [3.63, 3.8) is 0 Å². The maximum Gasteiger partial charge on any atom is 0.275 e. The van der Waals surface area contributed by atoms with Crippen molar-refractivity contribution in [1.29, 1.82) is 0 Å². The number of quaternary nitrogens is 1. The van der Waals surface area contributed by atoms with E-state index in [2.05, 4.69) is 15.5 Å². The molecule has 104 valence electrons. The van der Waals surface area contributed by atoms with Crippen molar-refractivity contribution in [2.24, 2.45) is 0 Å². The molecule has 2 aromatic rings. The van der Waals surface area contributed by atoms with Gasteiger partial charge in [-0.2, -0.15) is 0 Å². The smallest absolute Gasteiger partial charge is 0.275 e. The molecule has 7 heteroatoms.